The molecule has 1 heterocycles. The molecule has 116 valence electrons. The number of hydrogen-bond acceptors (Lipinski definition) is 2. The number of hydrogen-bond donors (Lipinski definition) is 1. The summed E-state index contributed by atoms with van der Waals surface area (Å²) in [4.78, 5) is 2.79. The van der Waals surface area contributed by atoms with Gasteiger partial charge in [-0.15, -0.1) is 0 Å². The van der Waals surface area contributed by atoms with Crippen molar-refractivity contribution >= 4 is 0 Å². The fourth-order valence-electron chi connectivity index (χ4n) is 4.12. The minimum atomic E-state index is 0.101. The van der Waals surface area contributed by atoms with Gasteiger partial charge in [0.25, 0.3) is 0 Å². The topological polar surface area (TPSA) is 15.3 Å². The minimum Gasteiger partial charge on any atom is -0.307 e. The van der Waals surface area contributed by atoms with E-state index in [0.29, 0.717) is 0 Å². The zero-order valence-electron chi connectivity index (χ0n) is 13.5. The maximum absolute atomic E-state index is 3.82. The van der Waals surface area contributed by atoms with Crippen molar-refractivity contribution in [2.45, 2.75) is 63.5 Å². The minimum absolute atomic E-state index is 0.101. The predicted molar refractivity (Wildman–Crippen MR) is 89.5 cm³/mol. The first-order valence-corrected chi connectivity index (χ1v) is 8.82. The molecule has 2 nitrogen and oxygen atoms in total. The molecule has 1 aliphatic carbocycles. The lowest BCUT2D eigenvalue weighted by atomic mass is 9.90. The molecule has 1 atom stereocenters. The molecule has 1 aromatic carbocycles. The van der Waals surface area contributed by atoms with Gasteiger partial charge in [0.05, 0.1) is 5.54 Å². The zero-order chi connectivity index (χ0) is 14.5. The first-order chi connectivity index (χ1) is 10.3. The quantitative estimate of drug-likeness (QED) is 0.829. The van der Waals surface area contributed by atoms with E-state index in [1.165, 1.54) is 57.1 Å². The van der Waals surface area contributed by atoms with Crippen LogP contribution >= 0.6 is 0 Å². The number of rotatable bonds is 2. The summed E-state index contributed by atoms with van der Waals surface area (Å²) in [7, 11) is 0. The molecule has 1 saturated heterocycles. The summed E-state index contributed by atoms with van der Waals surface area (Å²) >= 11 is 0. The summed E-state index contributed by atoms with van der Waals surface area (Å²) in [5, 5.41) is 3.82. The molecule has 0 spiro atoms. The molecule has 1 N–H and O–H groups in total. The molecule has 0 aromatic heterocycles. The van der Waals surface area contributed by atoms with E-state index < -0.39 is 0 Å². The van der Waals surface area contributed by atoms with Crippen LogP contribution in [0.4, 0.5) is 0 Å². The van der Waals surface area contributed by atoms with Crippen molar-refractivity contribution in [1.29, 1.82) is 0 Å². The lowest BCUT2D eigenvalue weighted by molar-refractivity contribution is 0.148. The van der Waals surface area contributed by atoms with E-state index >= 15 is 0 Å². The van der Waals surface area contributed by atoms with Crippen LogP contribution in [0.2, 0.25) is 0 Å². The largest absolute Gasteiger partial charge is 0.307 e. The second kappa shape index (κ2) is 6.93. The van der Waals surface area contributed by atoms with Crippen molar-refractivity contribution in [3.8, 4) is 0 Å². The lowest BCUT2D eigenvalue weighted by Crippen LogP contribution is -2.49. The highest BCUT2D eigenvalue weighted by molar-refractivity contribution is 5.24. The average molecular weight is 286 g/mol. The molecule has 3 rings (SSSR count). The van der Waals surface area contributed by atoms with Gasteiger partial charge < -0.3 is 5.32 Å². The van der Waals surface area contributed by atoms with Crippen LogP contribution in [-0.2, 0) is 5.54 Å². The normalized spacial score (nSPS) is 29.8. The van der Waals surface area contributed by atoms with Gasteiger partial charge in [-0.2, -0.15) is 0 Å². The smallest absolute Gasteiger partial charge is 0.0535 e. The Morgan fingerprint density at radius 2 is 1.71 bits per heavy atom. The first-order valence-electron chi connectivity index (χ1n) is 8.82. The van der Waals surface area contributed by atoms with Crippen LogP contribution < -0.4 is 5.32 Å². The van der Waals surface area contributed by atoms with Crippen LogP contribution in [0.1, 0.15) is 57.4 Å². The van der Waals surface area contributed by atoms with E-state index in [-0.39, 0.29) is 5.54 Å². The summed E-state index contributed by atoms with van der Waals surface area (Å²) in [6.45, 7) is 5.94. The number of nitrogens with one attached hydrogen (secondary N) is 1. The molecular formula is C19H30N2. The molecule has 0 amide bonds. The number of benzene rings is 1. The third-order valence-electron chi connectivity index (χ3n) is 5.41. The van der Waals surface area contributed by atoms with Crippen LogP contribution in [0.3, 0.4) is 0 Å². The Balaban J connectivity index is 1.76. The third-order valence-corrected chi connectivity index (χ3v) is 5.41. The Morgan fingerprint density at radius 1 is 1.00 bits per heavy atom. The highest BCUT2D eigenvalue weighted by atomic mass is 15.2. The summed E-state index contributed by atoms with van der Waals surface area (Å²) in [6.07, 6.45) is 9.83. The zero-order valence-corrected chi connectivity index (χ0v) is 13.5. The van der Waals surface area contributed by atoms with E-state index in [2.05, 4.69) is 47.5 Å². The molecule has 0 radical (unpaired) electrons. The molecule has 21 heavy (non-hydrogen) atoms. The van der Waals surface area contributed by atoms with Gasteiger partial charge >= 0.3 is 0 Å². The molecule has 0 bridgehead atoms. The van der Waals surface area contributed by atoms with E-state index in [9.17, 15) is 0 Å². The van der Waals surface area contributed by atoms with E-state index in [1.807, 2.05) is 0 Å². The fraction of sp³-hybridized carbons (Fsp3) is 0.684. The van der Waals surface area contributed by atoms with Crippen molar-refractivity contribution in [1.82, 2.24) is 10.2 Å². The van der Waals surface area contributed by atoms with E-state index in [1.54, 1.807) is 0 Å². The monoisotopic (exact) mass is 286 g/mol. The van der Waals surface area contributed by atoms with Crippen molar-refractivity contribution < 1.29 is 0 Å². The van der Waals surface area contributed by atoms with Crippen LogP contribution in [-0.4, -0.2) is 30.6 Å². The van der Waals surface area contributed by atoms with E-state index in [4.69, 9.17) is 0 Å². The highest BCUT2D eigenvalue weighted by Crippen LogP contribution is 2.29. The lowest BCUT2D eigenvalue weighted by Gasteiger charge is -2.38. The molecule has 2 aliphatic rings. The Morgan fingerprint density at radius 3 is 2.43 bits per heavy atom. The summed E-state index contributed by atoms with van der Waals surface area (Å²) in [6, 6.07) is 11.8. The fourth-order valence-corrected chi connectivity index (χ4v) is 4.12. The van der Waals surface area contributed by atoms with Crippen LogP contribution in [0.15, 0.2) is 30.3 Å². The summed E-state index contributed by atoms with van der Waals surface area (Å²) < 4.78 is 0. The molecule has 2 heteroatoms. The van der Waals surface area contributed by atoms with Gasteiger partial charge in [-0.1, -0.05) is 56.0 Å². The molecule has 1 aromatic rings. The Labute approximate surface area is 129 Å². The van der Waals surface area contributed by atoms with Gasteiger partial charge in [0, 0.05) is 12.6 Å². The molecule has 1 saturated carbocycles. The van der Waals surface area contributed by atoms with Gasteiger partial charge in [0.15, 0.2) is 0 Å². The van der Waals surface area contributed by atoms with Crippen LogP contribution in [0.5, 0.6) is 0 Å². The summed E-state index contributed by atoms with van der Waals surface area (Å²) in [5.41, 5.74) is 1.54. The van der Waals surface area contributed by atoms with Gasteiger partial charge in [-0.3, -0.25) is 4.90 Å². The molecule has 1 aliphatic heterocycles. The Bertz CT molecular complexity index is 422. The van der Waals surface area contributed by atoms with Gasteiger partial charge in [0.1, 0.15) is 0 Å². The van der Waals surface area contributed by atoms with Crippen molar-refractivity contribution in [3.63, 3.8) is 0 Å². The Kier molecular flexibility index (Phi) is 4.97. The molecular weight excluding hydrogens is 256 g/mol. The third kappa shape index (κ3) is 3.67. The average Bonchev–Trinajstić information content (AvgIpc) is 2.89. The van der Waals surface area contributed by atoms with Crippen LogP contribution in [0, 0.1) is 0 Å². The van der Waals surface area contributed by atoms with Gasteiger partial charge in [0.2, 0.25) is 0 Å². The highest BCUT2D eigenvalue weighted by Gasteiger charge is 2.33. The second-order valence-electron chi connectivity index (χ2n) is 7.09. The van der Waals surface area contributed by atoms with Gasteiger partial charge in [-0.25, -0.2) is 0 Å². The molecule has 1 unspecified atom stereocenters. The van der Waals surface area contributed by atoms with Crippen molar-refractivity contribution in [2.24, 2.45) is 0 Å². The maximum Gasteiger partial charge on any atom is 0.0535 e. The van der Waals surface area contributed by atoms with Crippen molar-refractivity contribution in [3.05, 3.63) is 35.9 Å². The first kappa shape index (κ1) is 15.1. The standard InChI is InChI=1S/C19H30N2/c1-19(17-10-5-4-6-11-17)16-21(15-9-14-20-19)18-12-7-2-3-8-13-18/h4-6,10-11,18,20H,2-3,7-9,12-16H2,1H3. The second-order valence-corrected chi connectivity index (χ2v) is 7.09. The predicted octanol–water partition coefficient (Wildman–Crippen LogP) is 3.92. The van der Waals surface area contributed by atoms with Crippen LogP contribution in [0.25, 0.3) is 0 Å². The van der Waals surface area contributed by atoms with Crippen molar-refractivity contribution in [2.75, 3.05) is 19.6 Å². The SMILES string of the molecule is CC1(c2ccccc2)CN(C2CCCCCC2)CCCN1. The molecule has 2 fully saturated rings. The van der Waals surface area contributed by atoms with Gasteiger partial charge in [-0.05, 0) is 44.8 Å². The maximum atomic E-state index is 3.82. The summed E-state index contributed by atoms with van der Waals surface area (Å²) in [5.74, 6) is 0. The number of nitrogens with zero attached hydrogens (tertiary/aromatic N) is 1. The van der Waals surface area contributed by atoms with E-state index in [0.717, 1.165) is 19.1 Å². The Hall–Kier alpha value is -0.860.